The van der Waals surface area contributed by atoms with Gasteiger partial charge in [0.1, 0.15) is 17.2 Å². The van der Waals surface area contributed by atoms with Crippen molar-refractivity contribution in [2.24, 2.45) is 5.73 Å². The molecule has 3 aromatic carbocycles. The van der Waals surface area contributed by atoms with Gasteiger partial charge in [-0.2, -0.15) is 8.42 Å². The van der Waals surface area contributed by atoms with E-state index in [1.165, 1.54) is 0 Å². The molecule has 3 N–H and O–H groups in total. The van der Waals surface area contributed by atoms with E-state index in [1.54, 1.807) is 33.3 Å². The molecule has 0 saturated carbocycles. The Morgan fingerprint density at radius 2 is 1.66 bits per heavy atom. The molecule has 0 fully saturated rings. The molecular weight excluding hydrogens is 500 g/mol. The standard InChI is InChI=1S/C30H36N2O5S/c1-7-16-38(33,34)37-20-12-13-21(26(17-20)36-6)22-14-15-24-27(19(2)18-30(3,4)32-24)28(22)29(31)23-10-8-9-11-25(23)35-5/h8-15,17-18,29,32H,7,16,31H2,1-6H3. The second-order valence-corrected chi connectivity index (χ2v) is 11.7. The number of fused-ring (bicyclic) bond motifs is 1. The molecule has 0 aromatic heterocycles. The van der Waals surface area contributed by atoms with Crippen molar-refractivity contribution in [3.63, 3.8) is 0 Å². The summed E-state index contributed by atoms with van der Waals surface area (Å²) in [4.78, 5) is 0. The number of nitrogens with two attached hydrogens (primary N) is 1. The molecule has 8 heteroatoms. The highest BCUT2D eigenvalue weighted by atomic mass is 32.2. The van der Waals surface area contributed by atoms with E-state index in [-0.39, 0.29) is 17.0 Å². The summed E-state index contributed by atoms with van der Waals surface area (Å²) in [6.07, 6.45) is 2.67. The summed E-state index contributed by atoms with van der Waals surface area (Å²) in [7, 11) is -0.501. The molecule has 0 radical (unpaired) electrons. The smallest absolute Gasteiger partial charge is 0.309 e. The highest BCUT2D eigenvalue weighted by Gasteiger charge is 2.30. The molecule has 3 aromatic rings. The van der Waals surface area contributed by atoms with Crippen molar-refractivity contribution in [2.75, 3.05) is 25.3 Å². The number of para-hydroxylation sites is 1. The van der Waals surface area contributed by atoms with Gasteiger partial charge in [-0.1, -0.05) is 37.3 Å². The Balaban J connectivity index is 1.94. The first kappa shape index (κ1) is 27.5. The monoisotopic (exact) mass is 536 g/mol. The minimum Gasteiger partial charge on any atom is -0.496 e. The third-order valence-corrected chi connectivity index (χ3v) is 7.95. The van der Waals surface area contributed by atoms with Crippen molar-refractivity contribution < 1.29 is 22.1 Å². The largest absolute Gasteiger partial charge is 0.496 e. The number of allylic oxidation sites excluding steroid dienone is 1. The second-order valence-electron chi connectivity index (χ2n) is 10.1. The van der Waals surface area contributed by atoms with Crippen molar-refractivity contribution in [2.45, 2.75) is 45.7 Å². The maximum Gasteiger partial charge on any atom is 0.309 e. The van der Waals surface area contributed by atoms with Crippen molar-refractivity contribution in [1.29, 1.82) is 0 Å². The van der Waals surface area contributed by atoms with Crippen LogP contribution in [-0.4, -0.2) is 33.9 Å². The molecular formula is C30H36N2O5S. The average Bonchev–Trinajstić information content (AvgIpc) is 2.86. The van der Waals surface area contributed by atoms with Gasteiger partial charge in [-0.05, 0) is 68.2 Å². The van der Waals surface area contributed by atoms with Gasteiger partial charge in [-0.25, -0.2) is 0 Å². The third kappa shape index (κ3) is 5.51. The van der Waals surface area contributed by atoms with E-state index in [1.807, 2.05) is 36.4 Å². The van der Waals surface area contributed by atoms with Crippen LogP contribution in [0.3, 0.4) is 0 Å². The number of nitrogens with one attached hydrogen (secondary N) is 1. The molecule has 0 bridgehead atoms. The molecule has 4 rings (SSSR count). The van der Waals surface area contributed by atoms with Gasteiger partial charge in [0.15, 0.2) is 0 Å². The van der Waals surface area contributed by atoms with E-state index in [4.69, 9.17) is 19.4 Å². The molecule has 1 aliphatic heterocycles. The zero-order chi connectivity index (χ0) is 27.7. The summed E-state index contributed by atoms with van der Waals surface area (Å²) >= 11 is 0. The summed E-state index contributed by atoms with van der Waals surface area (Å²) in [6.45, 7) is 8.14. The molecule has 1 aliphatic rings. The molecule has 7 nitrogen and oxygen atoms in total. The van der Waals surface area contributed by atoms with Crippen LogP contribution in [0.15, 0.2) is 60.7 Å². The molecule has 202 valence electrons. The fourth-order valence-corrected chi connectivity index (χ4v) is 6.15. The van der Waals surface area contributed by atoms with Crippen LogP contribution in [0, 0.1) is 0 Å². The number of anilines is 1. The fraction of sp³-hybridized carbons (Fsp3) is 0.333. The van der Waals surface area contributed by atoms with Crippen LogP contribution in [0.4, 0.5) is 5.69 Å². The van der Waals surface area contributed by atoms with E-state index in [9.17, 15) is 8.42 Å². The van der Waals surface area contributed by atoms with Gasteiger partial charge in [-0.15, -0.1) is 0 Å². The normalized spacial score (nSPS) is 15.1. The topological polar surface area (TPSA) is 99.9 Å². The summed E-state index contributed by atoms with van der Waals surface area (Å²) in [5.41, 5.74) is 13.4. The lowest BCUT2D eigenvalue weighted by molar-refractivity contribution is 0.408. The predicted molar refractivity (Wildman–Crippen MR) is 154 cm³/mol. The van der Waals surface area contributed by atoms with Crippen molar-refractivity contribution in [1.82, 2.24) is 0 Å². The molecule has 1 heterocycles. The maximum absolute atomic E-state index is 12.3. The van der Waals surface area contributed by atoms with Crippen molar-refractivity contribution in [3.05, 3.63) is 77.4 Å². The maximum atomic E-state index is 12.3. The van der Waals surface area contributed by atoms with Gasteiger partial charge in [0.25, 0.3) is 0 Å². The lowest BCUT2D eigenvalue weighted by Gasteiger charge is -2.35. The van der Waals surface area contributed by atoms with Gasteiger partial charge in [0.05, 0.1) is 31.6 Å². The Labute approximate surface area is 225 Å². The minimum atomic E-state index is -3.69. The quantitative estimate of drug-likeness (QED) is 0.317. The van der Waals surface area contributed by atoms with Crippen LogP contribution < -0.4 is 24.7 Å². The molecule has 1 unspecified atom stereocenters. The number of ether oxygens (including phenoxy) is 2. The van der Waals surface area contributed by atoms with Gasteiger partial charge in [-0.3, -0.25) is 0 Å². The number of rotatable bonds is 9. The summed E-state index contributed by atoms with van der Waals surface area (Å²) in [6, 6.07) is 16.4. The van der Waals surface area contributed by atoms with E-state index in [0.29, 0.717) is 17.9 Å². The van der Waals surface area contributed by atoms with Crippen molar-refractivity contribution in [3.8, 4) is 28.4 Å². The molecule has 0 saturated heterocycles. The van der Waals surface area contributed by atoms with Gasteiger partial charge in [0.2, 0.25) is 0 Å². The molecule has 1 atom stereocenters. The fourth-order valence-electron chi connectivity index (χ4n) is 5.17. The number of hydrogen-bond donors (Lipinski definition) is 2. The lowest BCUT2D eigenvalue weighted by Crippen LogP contribution is -2.32. The summed E-state index contributed by atoms with van der Waals surface area (Å²) in [5, 5.41) is 3.61. The van der Waals surface area contributed by atoms with Crippen LogP contribution in [0.1, 0.15) is 56.8 Å². The highest BCUT2D eigenvalue weighted by Crippen LogP contribution is 2.47. The van der Waals surface area contributed by atoms with E-state index in [0.717, 1.165) is 39.1 Å². The van der Waals surface area contributed by atoms with Crippen LogP contribution in [0.25, 0.3) is 16.7 Å². The van der Waals surface area contributed by atoms with Crippen LogP contribution in [0.5, 0.6) is 17.2 Å². The Kier molecular flexibility index (Phi) is 7.76. The Bertz CT molecular complexity index is 1480. The predicted octanol–water partition coefficient (Wildman–Crippen LogP) is 6.14. The second kappa shape index (κ2) is 10.7. The highest BCUT2D eigenvalue weighted by molar-refractivity contribution is 7.87. The Hall–Kier alpha value is -3.49. The summed E-state index contributed by atoms with van der Waals surface area (Å²) < 4.78 is 41.2. The first-order valence-corrected chi connectivity index (χ1v) is 14.2. The van der Waals surface area contributed by atoms with E-state index < -0.39 is 16.2 Å². The molecule has 38 heavy (non-hydrogen) atoms. The molecule has 0 amide bonds. The van der Waals surface area contributed by atoms with Crippen molar-refractivity contribution >= 4 is 21.4 Å². The molecule has 0 spiro atoms. The summed E-state index contributed by atoms with van der Waals surface area (Å²) in [5.74, 6) is 1.32. The Morgan fingerprint density at radius 3 is 2.34 bits per heavy atom. The Morgan fingerprint density at radius 1 is 0.974 bits per heavy atom. The van der Waals surface area contributed by atoms with Crippen LogP contribution in [0.2, 0.25) is 0 Å². The number of hydrogen-bond acceptors (Lipinski definition) is 7. The third-order valence-electron chi connectivity index (χ3n) is 6.60. The zero-order valence-electron chi connectivity index (χ0n) is 22.8. The average molecular weight is 537 g/mol. The zero-order valence-corrected chi connectivity index (χ0v) is 23.6. The first-order chi connectivity index (χ1) is 18.0. The SMILES string of the molecule is CCCS(=O)(=O)Oc1ccc(-c2ccc3c(c2C(N)c2ccccc2OC)C(C)=CC(C)(C)N3)c(OC)c1. The number of benzene rings is 3. The van der Waals surface area contributed by atoms with Crippen LogP contribution >= 0.6 is 0 Å². The van der Waals surface area contributed by atoms with E-state index >= 15 is 0 Å². The van der Waals surface area contributed by atoms with Gasteiger partial charge < -0.3 is 24.7 Å². The number of methoxy groups -OCH3 is 2. The lowest BCUT2D eigenvalue weighted by atomic mass is 9.81. The van der Waals surface area contributed by atoms with E-state index in [2.05, 4.69) is 38.2 Å². The molecule has 0 aliphatic carbocycles. The minimum absolute atomic E-state index is 0.0608. The van der Waals surface area contributed by atoms with Crippen LogP contribution in [-0.2, 0) is 10.1 Å². The van der Waals surface area contributed by atoms with Gasteiger partial charge >= 0.3 is 10.1 Å². The first-order valence-electron chi connectivity index (χ1n) is 12.6. The van der Waals surface area contributed by atoms with Gasteiger partial charge in [0, 0.05) is 28.4 Å².